The Morgan fingerprint density at radius 3 is 2.55 bits per heavy atom. The van der Waals surface area contributed by atoms with Gasteiger partial charge < -0.3 is 15.7 Å². The molecule has 0 aromatic heterocycles. The minimum absolute atomic E-state index is 0.0755. The van der Waals surface area contributed by atoms with Gasteiger partial charge in [-0.2, -0.15) is 0 Å². The van der Waals surface area contributed by atoms with E-state index in [9.17, 15) is 4.79 Å². The van der Waals surface area contributed by atoms with E-state index < -0.39 is 0 Å². The third-order valence-corrected chi connectivity index (χ3v) is 4.16. The molecule has 1 atom stereocenters. The fraction of sp³-hybridized carbons (Fsp3) is 0.235. The summed E-state index contributed by atoms with van der Waals surface area (Å²) in [5.74, 6) is 0. The van der Waals surface area contributed by atoms with E-state index in [1.165, 1.54) is 0 Å². The molecule has 2 aromatic rings. The van der Waals surface area contributed by atoms with Gasteiger partial charge in [0.2, 0.25) is 0 Å². The van der Waals surface area contributed by atoms with E-state index in [0.717, 1.165) is 15.4 Å². The van der Waals surface area contributed by atoms with Gasteiger partial charge in [-0.15, -0.1) is 0 Å². The maximum atomic E-state index is 11.7. The first-order chi connectivity index (χ1) is 10.7. The summed E-state index contributed by atoms with van der Waals surface area (Å²) in [5.41, 5.74) is 1.06. The second-order valence-electron chi connectivity index (χ2n) is 4.93. The van der Waals surface area contributed by atoms with Gasteiger partial charge in [-0.05, 0) is 30.7 Å². The highest BCUT2D eigenvalue weighted by molar-refractivity contribution is 7.99. The molecule has 0 saturated heterocycles. The average Bonchev–Trinajstić information content (AvgIpc) is 2.55. The largest absolute Gasteiger partial charge is 0.394 e. The standard InChI is InChI=1S/C17H20N2O2S/c1-13(12-20)19-17(21)18-11-14-7-5-6-10-16(14)22-15-8-3-2-4-9-15/h2-10,13,20H,11-12H2,1H3,(H2,18,19,21). The first-order valence-corrected chi connectivity index (χ1v) is 7.96. The van der Waals surface area contributed by atoms with Crippen molar-refractivity contribution >= 4 is 17.8 Å². The van der Waals surface area contributed by atoms with E-state index in [0.29, 0.717) is 6.54 Å². The third-order valence-electron chi connectivity index (χ3n) is 3.03. The van der Waals surface area contributed by atoms with Gasteiger partial charge in [-0.25, -0.2) is 4.79 Å². The molecule has 1 unspecified atom stereocenters. The Balaban J connectivity index is 1.98. The second-order valence-corrected chi connectivity index (χ2v) is 6.05. The van der Waals surface area contributed by atoms with Crippen LogP contribution in [0, 0.1) is 0 Å². The molecule has 4 nitrogen and oxygen atoms in total. The number of aliphatic hydroxyl groups is 1. The molecular weight excluding hydrogens is 296 g/mol. The molecule has 2 aromatic carbocycles. The van der Waals surface area contributed by atoms with E-state index in [2.05, 4.69) is 22.8 Å². The van der Waals surface area contributed by atoms with Crippen LogP contribution in [0.15, 0.2) is 64.4 Å². The Hall–Kier alpha value is -1.98. The fourth-order valence-electron chi connectivity index (χ4n) is 1.86. The van der Waals surface area contributed by atoms with Gasteiger partial charge in [-0.3, -0.25) is 0 Å². The lowest BCUT2D eigenvalue weighted by Gasteiger charge is -2.13. The minimum atomic E-state index is -0.277. The normalized spacial score (nSPS) is 11.7. The predicted molar refractivity (Wildman–Crippen MR) is 88.9 cm³/mol. The molecule has 0 radical (unpaired) electrons. The third kappa shape index (κ3) is 5.09. The Bertz CT molecular complexity index is 605. The van der Waals surface area contributed by atoms with E-state index in [-0.39, 0.29) is 18.7 Å². The molecule has 0 bridgehead atoms. The molecule has 5 heteroatoms. The lowest BCUT2D eigenvalue weighted by Crippen LogP contribution is -2.42. The first kappa shape index (κ1) is 16.4. The lowest BCUT2D eigenvalue weighted by molar-refractivity contribution is 0.220. The Morgan fingerprint density at radius 2 is 1.82 bits per heavy atom. The Kier molecular flexibility index (Phi) is 6.30. The van der Waals surface area contributed by atoms with Crippen LogP contribution in [0.5, 0.6) is 0 Å². The molecule has 0 aliphatic rings. The van der Waals surface area contributed by atoms with Gasteiger partial charge in [0.05, 0.1) is 12.6 Å². The number of urea groups is 1. The summed E-state index contributed by atoms with van der Waals surface area (Å²) in [6.07, 6.45) is 0. The number of benzene rings is 2. The van der Waals surface area contributed by atoms with Crippen molar-refractivity contribution in [3.05, 3.63) is 60.2 Å². The number of nitrogens with one attached hydrogen (secondary N) is 2. The van der Waals surface area contributed by atoms with Crippen molar-refractivity contribution in [1.82, 2.24) is 10.6 Å². The Labute approximate surface area is 134 Å². The fourth-order valence-corrected chi connectivity index (χ4v) is 2.83. The zero-order valence-corrected chi connectivity index (χ0v) is 13.3. The number of amides is 2. The monoisotopic (exact) mass is 316 g/mol. The molecule has 0 heterocycles. The topological polar surface area (TPSA) is 61.4 Å². The van der Waals surface area contributed by atoms with Crippen molar-refractivity contribution in [1.29, 1.82) is 0 Å². The number of hydrogen-bond acceptors (Lipinski definition) is 3. The van der Waals surface area contributed by atoms with Crippen molar-refractivity contribution in [3.63, 3.8) is 0 Å². The highest BCUT2D eigenvalue weighted by Crippen LogP contribution is 2.30. The summed E-state index contributed by atoms with van der Waals surface area (Å²) in [4.78, 5) is 14.0. The summed E-state index contributed by atoms with van der Waals surface area (Å²) in [6, 6.07) is 17.6. The first-order valence-electron chi connectivity index (χ1n) is 7.15. The van der Waals surface area contributed by atoms with Crippen LogP contribution in [0.25, 0.3) is 0 Å². The average molecular weight is 316 g/mol. The number of rotatable bonds is 6. The summed E-state index contributed by atoms with van der Waals surface area (Å²) in [7, 11) is 0. The van der Waals surface area contributed by atoms with Gasteiger partial charge in [0, 0.05) is 16.3 Å². The summed E-state index contributed by atoms with van der Waals surface area (Å²) >= 11 is 1.67. The molecule has 0 aliphatic carbocycles. The van der Waals surface area contributed by atoms with Gasteiger partial charge >= 0.3 is 6.03 Å². The molecule has 0 saturated carbocycles. The molecule has 3 N–H and O–H groups in total. The number of carbonyl (C=O) groups is 1. The zero-order chi connectivity index (χ0) is 15.8. The molecule has 0 spiro atoms. The summed E-state index contributed by atoms with van der Waals surface area (Å²) in [5, 5.41) is 14.4. The zero-order valence-electron chi connectivity index (χ0n) is 12.5. The molecule has 0 fully saturated rings. The van der Waals surface area contributed by atoms with Crippen molar-refractivity contribution in [2.45, 2.75) is 29.3 Å². The van der Waals surface area contributed by atoms with Crippen LogP contribution in [0.4, 0.5) is 4.79 Å². The molecule has 116 valence electrons. The van der Waals surface area contributed by atoms with Crippen LogP contribution >= 0.6 is 11.8 Å². The van der Waals surface area contributed by atoms with E-state index in [1.807, 2.05) is 42.5 Å². The number of carbonyl (C=O) groups excluding carboxylic acids is 1. The maximum Gasteiger partial charge on any atom is 0.315 e. The van der Waals surface area contributed by atoms with Crippen LogP contribution in [-0.4, -0.2) is 23.8 Å². The van der Waals surface area contributed by atoms with Gasteiger partial charge in [0.15, 0.2) is 0 Å². The maximum absolute atomic E-state index is 11.7. The molecule has 0 aliphatic heterocycles. The van der Waals surface area contributed by atoms with Crippen molar-refractivity contribution in [2.24, 2.45) is 0 Å². The highest BCUT2D eigenvalue weighted by atomic mass is 32.2. The van der Waals surface area contributed by atoms with Crippen molar-refractivity contribution < 1.29 is 9.90 Å². The Morgan fingerprint density at radius 1 is 1.14 bits per heavy atom. The lowest BCUT2D eigenvalue weighted by atomic mass is 10.2. The van der Waals surface area contributed by atoms with Crippen molar-refractivity contribution in [2.75, 3.05) is 6.61 Å². The van der Waals surface area contributed by atoms with E-state index in [4.69, 9.17) is 5.11 Å². The van der Waals surface area contributed by atoms with Gasteiger partial charge in [0.25, 0.3) is 0 Å². The minimum Gasteiger partial charge on any atom is -0.394 e. The SMILES string of the molecule is CC(CO)NC(=O)NCc1ccccc1Sc1ccccc1. The van der Waals surface area contributed by atoms with E-state index >= 15 is 0 Å². The number of hydrogen-bond donors (Lipinski definition) is 3. The number of aliphatic hydroxyl groups excluding tert-OH is 1. The van der Waals surface area contributed by atoms with Crippen LogP contribution in [0.3, 0.4) is 0 Å². The van der Waals surface area contributed by atoms with Crippen molar-refractivity contribution in [3.8, 4) is 0 Å². The molecular formula is C17H20N2O2S. The predicted octanol–water partition coefficient (Wildman–Crippen LogP) is 3.02. The smallest absolute Gasteiger partial charge is 0.315 e. The van der Waals surface area contributed by atoms with Gasteiger partial charge in [0.1, 0.15) is 0 Å². The van der Waals surface area contributed by atoms with E-state index in [1.54, 1.807) is 18.7 Å². The molecule has 22 heavy (non-hydrogen) atoms. The van der Waals surface area contributed by atoms with Crippen LogP contribution in [0.2, 0.25) is 0 Å². The quantitative estimate of drug-likeness (QED) is 0.768. The summed E-state index contributed by atoms with van der Waals surface area (Å²) < 4.78 is 0. The molecule has 2 rings (SSSR count). The van der Waals surface area contributed by atoms with Crippen LogP contribution < -0.4 is 10.6 Å². The highest BCUT2D eigenvalue weighted by Gasteiger charge is 2.08. The summed E-state index contributed by atoms with van der Waals surface area (Å²) in [6.45, 7) is 2.12. The van der Waals surface area contributed by atoms with Crippen LogP contribution in [-0.2, 0) is 6.54 Å². The van der Waals surface area contributed by atoms with Gasteiger partial charge in [-0.1, -0.05) is 48.2 Å². The molecule has 2 amide bonds. The van der Waals surface area contributed by atoms with Crippen LogP contribution in [0.1, 0.15) is 12.5 Å². The second kappa shape index (κ2) is 8.46.